The summed E-state index contributed by atoms with van der Waals surface area (Å²) in [5.41, 5.74) is 1.47. The third kappa shape index (κ3) is 4.15. The number of carbonyl (C=O) groups is 2. The van der Waals surface area contributed by atoms with Crippen LogP contribution in [-0.4, -0.2) is 30.4 Å². The van der Waals surface area contributed by atoms with E-state index in [0.717, 1.165) is 5.56 Å². The average Bonchev–Trinajstić information content (AvgIpc) is 2.98. The fourth-order valence-corrected chi connectivity index (χ4v) is 2.86. The normalized spacial score (nSPS) is 16.8. The number of rotatable bonds is 5. The van der Waals surface area contributed by atoms with Crippen molar-refractivity contribution in [1.29, 1.82) is 0 Å². The van der Waals surface area contributed by atoms with E-state index in [1.54, 1.807) is 48.4 Å². The van der Waals surface area contributed by atoms with Gasteiger partial charge in [-0.2, -0.15) is 0 Å². The number of nitrogens with one attached hydrogen (secondary N) is 1. The summed E-state index contributed by atoms with van der Waals surface area (Å²) in [7, 11) is 1.56. The van der Waals surface area contributed by atoms with Crippen molar-refractivity contribution in [3.8, 4) is 5.75 Å². The fourth-order valence-electron chi connectivity index (χ4n) is 2.86. The van der Waals surface area contributed by atoms with Gasteiger partial charge in [0, 0.05) is 31.3 Å². The minimum atomic E-state index is -0.404. The topological polar surface area (TPSA) is 58.6 Å². The molecule has 0 spiro atoms. The molecule has 0 aliphatic carbocycles. The predicted octanol–water partition coefficient (Wildman–Crippen LogP) is 2.82. The SMILES string of the molecule is COc1cccc(NC(=O)[C@H]2CC(=O)N(Cc3ccc(F)cc3)C2)c1. The van der Waals surface area contributed by atoms with Crippen LogP contribution >= 0.6 is 0 Å². The standard InChI is InChI=1S/C19H19FN2O3/c1-25-17-4-2-3-16(10-17)21-19(24)14-9-18(23)22(12-14)11-13-5-7-15(20)8-6-13/h2-8,10,14H,9,11-12H2,1H3,(H,21,24)/t14-/m0/s1. The minimum absolute atomic E-state index is 0.0740. The average molecular weight is 342 g/mol. The van der Waals surface area contributed by atoms with Gasteiger partial charge in [-0.1, -0.05) is 18.2 Å². The van der Waals surface area contributed by atoms with Gasteiger partial charge in [-0.3, -0.25) is 9.59 Å². The van der Waals surface area contributed by atoms with E-state index < -0.39 is 5.92 Å². The fraction of sp³-hybridized carbons (Fsp3) is 0.263. The van der Waals surface area contributed by atoms with Crippen molar-refractivity contribution >= 4 is 17.5 Å². The molecule has 1 saturated heterocycles. The lowest BCUT2D eigenvalue weighted by Crippen LogP contribution is -2.28. The lowest BCUT2D eigenvalue weighted by Gasteiger charge is -2.17. The van der Waals surface area contributed by atoms with Crippen molar-refractivity contribution in [3.05, 3.63) is 59.9 Å². The highest BCUT2D eigenvalue weighted by atomic mass is 19.1. The van der Waals surface area contributed by atoms with E-state index in [0.29, 0.717) is 24.5 Å². The quantitative estimate of drug-likeness (QED) is 0.909. The van der Waals surface area contributed by atoms with Gasteiger partial charge in [0.15, 0.2) is 0 Å². The molecule has 0 bridgehead atoms. The van der Waals surface area contributed by atoms with E-state index in [-0.39, 0.29) is 24.1 Å². The lowest BCUT2D eigenvalue weighted by atomic mass is 10.1. The summed E-state index contributed by atoms with van der Waals surface area (Å²) < 4.78 is 18.1. The Balaban J connectivity index is 1.61. The zero-order valence-electron chi connectivity index (χ0n) is 13.9. The second-order valence-corrected chi connectivity index (χ2v) is 6.02. The molecule has 1 aliphatic heterocycles. The van der Waals surface area contributed by atoms with Gasteiger partial charge in [0.2, 0.25) is 11.8 Å². The van der Waals surface area contributed by atoms with Crippen LogP contribution in [0.1, 0.15) is 12.0 Å². The maximum atomic E-state index is 13.0. The van der Waals surface area contributed by atoms with Crippen molar-refractivity contribution in [1.82, 2.24) is 4.90 Å². The summed E-state index contributed by atoms with van der Waals surface area (Å²) in [6.07, 6.45) is 0.178. The number of hydrogen-bond donors (Lipinski definition) is 1. The number of ether oxygens (including phenoxy) is 1. The molecular weight excluding hydrogens is 323 g/mol. The predicted molar refractivity (Wildman–Crippen MR) is 91.5 cm³/mol. The van der Waals surface area contributed by atoms with E-state index in [1.807, 2.05) is 0 Å². The van der Waals surface area contributed by atoms with Gasteiger partial charge in [0.25, 0.3) is 0 Å². The van der Waals surface area contributed by atoms with Gasteiger partial charge < -0.3 is 15.0 Å². The maximum absolute atomic E-state index is 13.0. The van der Waals surface area contributed by atoms with Crippen LogP contribution in [0.3, 0.4) is 0 Å². The van der Waals surface area contributed by atoms with Crippen molar-refractivity contribution < 1.29 is 18.7 Å². The number of hydrogen-bond acceptors (Lipinski definition) is 3. The van der Waals surface area contributed by atoms with E-state index in [4.69, 9.17) is 4.74 Å². The number of methoxy groups -OCH3 is 1. The Morgan fingerprint density at radius 2 is 2.04 bits per heavy atom. The summed E-state index contributed by atoms with van der Waals surface area (Å²) in [6, 6.07) is 13.1. The van der Waals surface area contributed by atoms with Crippen molar-refractivity contribution in [2.45, 2.75) is 13.0 Å². The van der Waals surface area contributed by atoms with E-state index >= 15 is 0 Å². The Kier molecular flexibility index (Phi) is 4.97. The minimum Gasteiger partial charge on any atom is -0.497 e. The molecule has 2 aromatic rings. The van der Waals surface area contributed by atoms with Gasteiger partial charge in [-0.25, -0.2) is 4.39 Å². The number of amides is 2. The van der Waals surface area contributed by atoms with Crippen LogP contribution in [0.4, 0.5) is 10.1 Å². The molecule has 25 heavy (non-hydrogen) atoms. The Morgan fingerprint density at radius 3 is 2.76 bits per heavy atom. The molecule has 0 radical (unpaired) electrons. The molecule has 2 amide bonds. The Morgan fingerprint density at radius 1 is 1.28 bits per heavy atom. The first kappa shape index (κ1) is 17.0. The molecule has 3 rings (SSSR count). The van der Waals surface area contributed by atoms with Crippen LogP contribution in [0, 0.1) is 11.7 Å². The summed E-state index contributed by atoms with van der Waals surface area (Å²) in [5.74, 6) is -0.331. The molecule has 1 atom stereocenters. The number of nitrogens with zero attached hydrogens (tertiary/aromatic N) is 1. The molecule has 2 aromatic carbocycles. The highest BCUT2D eigenvalue weighted by Crippen LogP contribution is 2.23. The molecule has 0 saturated carbocycles. The number of halogens is 1. The van der Waals surface area contributed by atoms with Gasteiger partial charge in [-0.05, 0) is 29.8 Å². The van der Waals surface area contributed by atoms with Crippen LogP contribution < -0.4 is 10.1 Å². The largest absolute Gasteiger partial charge is 0.497 e. The molecule has 0 aromatic heterocycles. The van der Waals surface area contributed by atoms with Crippen molar-refractivity contribution in [3.63, 3.8) is 0 Å². The summed E-state index contributed by atoms with van der Waals surface area (Å²) in [5, 5.41) is 2.82. The summed E-state index contributed by atoms with van der Waals surface area (Å²) in [4.78, 5) is 26.2. The smallest absolute Gasteiger partial charge is 0.229 e. The first-order valence-corrected chi connectivity index (χ1v) is 8.02. The zero-order valence-corrected chi connectivity index (χ0v) is 13.9. The highest BCUT2D eigenvalue weighted by molar-refractivity contribution is 5.97. The molecule has 1 heterocycles. The first-order chi connectivity index (χ1) is 12.0. The molecular formula is C19H19FN2O3. The Hall–Kier alpha value is -2.89. The molecule has 130 valence electrons. The second-order valence-electron chi connectivity index (χ2n) is 6.02. The van der Waals surface area contributed by atoms with Gasteiger partial charge in [0.05, 0.1) is 13.0 Å². The molecule has 1 fully saturated rings. The molecule has 5 nitrogen and oxygen atoms in total. The monoisotopic (exact) mass is 342 g/mol. The van der Waals surface area contributed by atoms with Crippen molar-refractivity contribution in [2.24, 2.45) is 5.92 Å². The molecule has 6 heteroatoms. The van der Waals surface area contributed by atoms with E-state index in [9.17, 15) is 14.0 Å². The number of likely N-dealkylation sites (tertiary alicyclic amines) is 1. The van der Waals surface area contributed by atoms with Crippen LogP contribution in [0.2, 0.25) is 0 Å². The third-order valence-corrected chi connectivity index (χ3v) is 4.21. The van der Waals surface area contributed by atoms with Gasteiger partial charge in [-0.15, -0.1) is 0 Å². The van der Waals surface area contributed by atoms with E-state index in [2.05, 4.69) is 5.32 Å². The van der Waals surface area contributed by atoms with Crippen molar-refractivity contribution in [2.75, 3.05) is 19.0 Å². The Bertz CT molecular complexity index is 776. The number of anilines is 1. The van der Waals surface area contributed by atoms with Crippen LogP contribution in [0.15, 0.2) is 48.5 Å². The lowest BCUT2D eigenvalue weighted by molar-refractivity contribution is -0.128. The zero-order chi connectivity index (χ0) is 17.8. The summed E-state index contributed by atoms with van der Waals surface area (Å²) in [6.45, 7) is 0.730. The van der Waals surface area contributed by atoms with Crippen LogP contribution in [0.25, 0.3) is 0 Å². The maximum Gasteiger partial charge on any atom is 0.229 e. The third-order valence-electron chi connectivity index (χ3n) is 4.21. The molecule has 0 unspecified atom stereocenters. The van der Waals surface area contributed by atoms with Gasteiger partial charge >= 0.3 is 0 Å². The second kappa shape index (κ2) is 7.34. The Labute approximate surface area is 145 Å². The number of benzene rings is 2. The molecule has 1 aliphatic rings. The summed E-state index contributed by atoms with van der Waals surface area (Å²) >= 11 is 0. The number of carbonyl (C=O) groups excluding carboxylic acids is 2. The van der Waals surface area contributed by atoms with Crippen LogP contribution in [0.5, 0.6) is 5.75 Å². The van der Waals surface area contributed by atoms with E-state index in [1.165, 1.54) is 12.1 Å². The van der Waals surface area contributed by atoms with Crippen LogP contribution in [-0.2, 0) is 16.1 Å². The van der Waals surface area contributed by atoms with Gasteiger partial charge in [0.1, 0.15) is 11.6 Å². The highest BCUT2D eigenvalue weighted by Gasteiger charge is 2.34. The molecule has 1 N–H and O–H groups in total. The first-order valence-electron chi connectivity index (χ1n) is 8.02.